The second-order valence-electron chi connectivity index (χ2n) is 7.82. The molecular weight excluding hydrogens is 555 g/mol. The summed E-state index contributed by atoms with van der Waals surface area (Å²) < 4.78 is 17.9. The number of anilines is 1. The molecular formula is C28H27IN2O4. The lowest BCUT2D eigenvalue weighted by molar-refractivity contribution is -0.112. The summed E-state index contributed by atoms with van der Waals surface area (Å²) >= 11 is 2.18. The molecule has 0 fully saturated rings. The highest BCUT2D eigenvalue weighted by Crippen LogP contribution is 2.35. The summed E-state index contributed by atoms with van der Waals surface area (Å²) in [5, 5.41) is 12.3. The van der Waals surface area contributed by atoms with Crippen molar-refractivity contribution < 1.29 is 19.0 Å². The molecule has 0 spiro atoms. The van der Waals surface area contributed by atoms with Gasteiger partial charge in [0.1, 0.15) is 24.0 Å². The van der Waals surface area contributed by atoms with Gasteiger partial charge in [0.2, 0.25) is 0 Å². The van der Waals surface area contributed by atoms with Gasteiger partial charge in [-0.1, -0.05) is 18.2 Å². The number of nitriles is 1. The first-order chi connectivity index (χ1) is 16.8. The van der Waals surface area contributed by atoms with Gasteiger partial charge in [0.05, 0.1) is 17.3 Å². The molecule has 3 rings (SSSR count). The summed E-state index contributed by atoms with van der Waals surface area (Å²) in [5.74, 6) is 1.36. The summed E-state index contributed by atoms with van der Waals surface area (Å²) in [6.45, 7) is 6.90. The Labute approximate surface area is 219 Å². The van der Waals surface area contributed by atoms with E-state index in [2.05, 4.69) is 53.9 Å². The zero-order valence-corrected chi connectivity index (χ0v) is 22.3. The number of amides is 1. The highest BCUT2D eigenvalue weighted by molar-refractivity contribution is 14.1. The van der Waals surface area contributed by atoms with Crippen molar-refractivity contribution in [2.24, 2.45) is 0 Å². The predicted molar refractivity (Wildman–Crippen MR) is 146 cm³/mol. The van der Waals surface area contributed by atoms with Crippen LogP contribution in [0.3, 0.4) is 0 Å². The number of ether oxygens (including phenoxy) is 3. The first-order valence-electron chi connectivity index (χ1n) is 11.1. The second-order valence-corrected chi connectivity index (χ2v) is 8.98. The first-order valence-corrected chi connectivity index (χ1v) is 12.1. The van der Waals surface area contributed by atoms with Gasteiger partial charge in [-0.2, -0.15) is 5.26 Å². The molecule has 0 aliphatic rings. The van der Waals surface area contributed by atoms with Crippen molar-refractivity contribution in [1.29, 1.82) is 5.26 Å². The molecule has 0 saturated heterocycles. The molecule has 0 aliphatic heterocycles. The lowest BCUT2D eigenvalue weighted by atomic mass is 10.1. The van der Waals surface area contributed by atoms with Gasteiger partial charge in [0.15, 0.2) is 11.5 Å². The van der Waals surface area contributed by atoms with Crippen molar-refractivity contribution in [1.82, 2.24) is 0 Å². The van der Waals surface area contributed by atoms with E-state index in [0.717, 1.165) is 9.13 Å². The number of carbonyl (C=O) groups excluding carboxylic acids is 1. The molecule has 6 nitrogen and oxygen atoms in total. The summed E-state index contributed by atoms with van der Waals surface area (Å²) in [7, 11) is 1.57. The Morgan fingerprint density at radius 3 is 2.43 bits per heavy atom. The summed E-state index contributed by atoms with van der Waals surface area (Å²) in [4.78, 5) is 12.7. The minimum absolute atomic E-state index is 0.0251. The molecule has 0 atom stereocenters. The van der Waals surface area contributed by atoms with Crippen molar-refractivity contribution >= 4 is 40.3 Å². The molecule has 180 valence electrons. The maximum absolute atomic E-state index is 12.7. The largest absolute Gasteiger partial charge is 0.497 e. The van der Waals surface area contributed by atoms with Crippen LogP contribution in [0.15, 0.2) is 60.2 Å². The number of methoxy groups -OCH3 is 1. The number of carbonyl (C=O) groups is 1. The Kier molecular flexibility index (Phi) is 9.15. The monoisotopic (exact) mass is 582 g/mol. The molecule has 0 aromatic heterocycles. The minimum atomic E-state index is -0.499. The molecule has 0 bridgehead atoms. The number of benzene rings is 3. The topological polar surface area (TPSA) is 80.6 Å². The van der Waals surface area contributed by atoms with Crippen LogP contribution in [-0.2, 0) is 11.4 Å². The lowest BCUT2D eigenvalue weighted by Crippen LogP contribution is -2.13. The summed E-state index contributed by atoms with van der Waals surface area (Å²) in [6.07, 6.45) is 1.54. The highest BCUT2D eigenvalue weighted by atomic mass is 127. The molecule has 0 heterocycles. The van der Waals surface area contributed by atoms with Gasteiger partial charge >= 0.3 is 0 Å². The highest BCUT2D eigenvalue weighted by Gasteiger charge is 2.15. The van der Waals surface area contributed by atoms with Crippen molar-refractivity contribution in [3.63, 3.8) is 0 Å². The Balaban J connectivity index is 1.82. The summed E-state index contributed by atoms with van der Waals surface area (Å²) in [5.41, 5.74) is 4.72. The Morgan fingerprint density at radius 1 is 1.06 bits per heavy atom. The van der Waals surface area contributed by atoms with E-state index in [1.54, 1.807) is 37.4 Å². The first kappa shape index (κ1) is 26.1. The van der Waals surface area contributed by atoms with E-state index < -0.39 is 5.91 Å². The number of aryl methyl sites for hydroxylation is 2. The van der Waals surface area contributed by atoms with E-state index in [-0.39, 0.29) is 5.57 Å². The van der Waals surface area contributed by atoms with Gasteiger partial charge in [-0.25, -0.2) is 0 Å². The Morgan fingerprint density at radius 2 is 1.80 bits per heavy atom. The van der Waals surface area contributed by atoms with Crippen molar-refractivity contribution in [2.75, 3.05) is 19.0 Å². The zero-order chi connectivity index (χ0) is 25.4. The SMILES string of the molecule is CCOc1cc(/C=C(\C#N)C(=O)Nc2ccc(OC)cc2)cc(I)c1OCc1ccc(C)c(C)c1. The van der Waals surface area contributed by atoms with Gasteiger partial charge in [0.25, 0.3) is 5.91 Å². The number of nitrogens with zero attached hydrogens (tertiary/aromatic N) is 1. The molecule has 1 N–H and O–H groups in total. The van der Waals surface area contributed by atoms with E-state index in [1.165, 1.54) is 17.2 Å². The Bertz CT molecular complexity index is 1280. The molecule has 0 aliphatic carbocycles. The third-order valence-corrected chi connectivity index (χ3v) is 6.11. The van der Waals surface area contributed by atoms with Crippen LogP contribution in [0.2, 0.25) is 0 Å². The molecule has 3 aromatic rings. The fraction of sp³-hybridized carbons (Fsp3) is 0.214. The fourth-order valence-electron chi connectivity index (χ4n) is 3.31. The number of rotatable bonds is 9. The maximum Gasteiger partial charge on any atom is 0.266 e. The molecule has 1 amide bonds. The van der Waals surface area contributed by atoms with Crippen LogP contribution in [0.25, 0.3) is 6.08 Å². The molecule has 7 heteroatoms. The number of nitrogens with one attached hydrogen (secondary N) is 1. The van der Waals surface area contributed by atoms with E-state index in [1.807, 2.05) is 25.1 Å². The average Bonchev–Trinajstić information content (AvgIpc) is 2.84. The van der Waals surface area contributed by atoms with E-state index in [9.17, 15) is 10.1 Å². The van der Waals surface area contributed by atoms with E-state index >= 15 is 0 Å². The van der Waals surface area contributed by atoms with Crippen LogP contribution in [0.1, 0.15) is 29.2 Å². The fourth-order valence-corrected chi connectivity index (χ4v) is 4.09. The van der Waals surface area contributed by atoms with Gasteiger partial charge < -0.3 is 19.5 Å². The number of hydrogen-bond acceptors (Lipinski definition) is 5. The summed E-state index contributed by atoms with van der Waals surface area (Å²) in [6, 6.07) is 18.8. The number of hydrogen-bond donors (Lipinski definition) is 1. The minimum Gasteiger partial charge on any atom is -0.497 e. The van der Waals surface area contributed by atoms with Crippen LogP contribution in [0.4, 0.5) is 5.69 Å². The van der Waals surface area contributed by atoms with Gasteiger partial charge in [-0.15, -0.1) is 0 Å². The zero-order valence-electron chi connectivity index (χ0n) is 20.1. The normalized spacial score (nSPS) is 10.9. The molecule has 3 aromatic carbocycles. The van der Waals surface area contributed by atoms with Crippen LogP contribution in [-0.4, -0.2) is 19.6 Å². The molecule has 0 radical (unpaired) electrons. The number of halogens is 1. The van der Waals surface area contributed by atoms with Crippen molar-refractivity contribution in [2.45, 2.75) is 27.4 Å². The quantitative estimate of drug-likeness (QED) is 0.179. The molecule has 35 heavy (non-hydrogen) atoms. The molecule has 0 unspecified atom stereocenters. The predicted octanol–water partition coefficient (Wildman–Crippen LogP) is 6.44. The standard InChI is InChI=1S/C28H27IN2O4/c1-5-34-26-15-21(13-22(16-30)28(32)31-23-8-10-24(33-4)11-9-23)14-25(29)27(26)35-17-20-7-6-18(2)19(3)12-20/h6-15H,5,17H2,1-4H3,(H,31,32)/b22-13+. The van der Waals surface area contributed by atoms with Gasteiger partial charge in [0, 0.05) is 5.69 Å². The van der Waals surface area contributed by atoms with Crippen LogP contribution >= 0.6 is 22.6 Å². The van der Waals surface area contributed by atoms with Gasteiger partial charge in [-0.05, 0) is 108 Å². The van der Waals surface area contributed by atoms with E-state index in [0.29, 0.717) is 41.7 Å². The Hall–Kier alpha value is -3.51. The van der Waals surface area contributed by atoms with E-state index in [4.69, 9.17) is 14.2 Å². The van der Waals surface area contributed by atoms with Crippen molar-refractivity contribution in [3.05, 3.63) is 86.0 Å². The smallest absolute Gasteiger partial charge is 0.266 e. The van der Waals surface area contributed by atoms with Crippen LogP contribution in [0.5, 0.6) is 17.2 Å². The van der Waals surface area contributed by atoms with Crippen molar-refractivity contribution in [3.8, 4) is 23.3 Å². The lowest BCUT2D eigenvalue weighted by Gasteiger charge is -2.15. The third-order valence-electron chi connectivity index (χ3n) is 5.31. The maximum atomic E-state index is 12.7. The second kappa shape index (κ2) is 12.3. The third kappa shape index (κ3) is 6.99. The van der Waals surface area contributed by atoms with Gasteiger partial charge in [-0.3, -0.25) is 4.79 Å². The van der Waals surface area contributed by atoms with Crippen LogP contribution < -0.4 is 19.5 Å². The molecule has 0 saturated carbocycles. The van der Waals surface area contributed by atoms with Crippen LogP contribution in [0, 0.1) is 28.7 Å². The average molecular weight is 582 g/mol.